The van der Waals surface area contributed by atoms with Gasteiger partial charge in [-0.15, -0.1) is 0 Å². The summed E-state index contributed by atoms with van der Waals surface area (Å²) in [6, 6.07) is 17.0. The first-order valence-corrected chi connectivity index (χ1v) is 7.12. The van der Waals surface area contributed by atoms with Crippen molar-refractivity contribution < 1.29 is 4.79 Å². The molecule has 0 aliphatic carbocycles. The second-order valence-electron chi connectivity index (χ2n) is 4.25. The highest BCUT2D eigenvalue weighted by molar-refractivity contribution is 9.10. The van der Waals surface area contributed by atoms with Crippen LogP contribution in [-0.4, -0.2) is 11.6 Å². The average molecular weight is 347 g/mol. The number of rotatable bonds is 5. The van der Waals surface area contributed by atoms with Crippen LogP contribution in [-0.2, 0) is 4.79 Å². The summed E-state index contributed by atoms with van der Waals surface area (Å²) >= 11 is 3.36. The van der Waals surface area contributed by atoms with Crippen molar-refractivity contribution in [3.8, 4) is 0 Å². The molecule has 3 N–H and O–H groups in total. The number of anilines is 2. The van der Waals surface area contributed by atoms with Gasteiger partial charge >= 0.3 is 0 Å². The maximum atomic E-state index is 11.6. The summed E-state index contributed by atoms with van der Waals surface area (Å²) in [7, 11) is 0. The smallest absolute Gasteiger partial charge is 0.207 e. The molecule has 0 amide bonds. The second-order valence-corrected chi connectivity index (χ2v) is 5.17. The van der Waals surface area contributed by atoms with Crippen molar-refractivity contribution in [2.45, 2.75) is 6.92 Å². The normalized spacial score (nSPS) is 10.9. The fraction of sp³-hybridized carbons (Fsp3) is 0.0667. The predicted octanol–water partition coefficient (Wildman–Crippen LogP) is 3.38. The Morgan fingerprint density at radius 1 is 1.00 bits per heavy atom. The Labute approximate surface area is 131 Å². The third-order valence-corrected chi connectivity index (χ3v) is 3.10. The van der Waals surface area contributed by atoms with Gasteiger partial charge in [0.1, 0.15) is 0 Å². The van der Waals surface area contributed by atoms with Crippen LogP contribution in [0, 0.1) is 0 Å². The first-order valence-electron chi connectivity index (χ1n) is 6.32. The molecule has 0 unspecified atom stereocenters. The molecule has 0 spiro atoms. The average Bonchev–Trinajstić information content (AvgIpc) is 2.49. The zero-order valence-electron chi connectivity index (χ0n) is 11.4. The lowest BCUT2D eigenvalue weighted by atomic mass is 10.3. The number of carbonyl (C=O) groups excluding carboxylic acids is 1. The number of carbonyl (C=O) groups is 1. The third-order valence-electron chi connectivity index (χ3n) is 2.57. The first kappa shape index (κ1) is 15.1. The molecule has 2 aromatic carbocycles. The van der Waals surface area contributed by atoms with Crippen LogP contribution in [0.1, 0.15) is 6.92 Å². The molecule has 108 valence electrons. The predicted molar refractivity (Wildman–Crippen MR) is 89.1 cm³/mol. The minimum Gasteiger partial charge on any atom is -0.299 e. The molecule has 21 heavy (non-hydrogen) atoms. The van der Waals surface area contributed by atoms with E-state index in [2.05, 4.69) is 37.3 Å². The highest BCUT2D eigenvalue weighted by Crippen LogP contribution is 2.13. The van der Waals surface area contributed by atoms with Crippen molar-refractivity contribution in [2.75, 3.05) is 10.9 Å². The van der Waals surface area contributed by atoms with Gasteiger partial charge in [-0.3, -0.25) is 21.1 Å². The Hall–Kier alpha value is -2.34. The van der Waals surface area contributed by atoms with Gasteiger partial charge in [-0.2, -0.15) is 5.10 Å². The molecule has 0 heterocycles. The van der Waals surface area contributed by atoms with E-state index in [1.165, 1.54) is 6.92 Å². The summed E-state index contributed by atoms with van der Waals surface area (Å²) in [4.78, 5) is 11.6. The van der Waals surface area contributed by atoms with Crippen molar-refractivity contribution in [3.63, 3.8) is 0 Å². The van der Waals surface area contributed by atoms with Crippen LogP contribution in [0.2, 0.25) is 0 Å². The van der Waals surface area contributed by atoms with E-state index >= 15 is 0 Å². The third kappa shape index (κ3) is 4.92. The number of hydrogen-bond acceptors (Lipinski definition) is 4. The first-order chi connectivity index (χ1) is 10.1. The summed E-state index contributed by atoms with van der Waals surface area (Å²) in [5.41, 5.74) is 10.2. The molecule has 0 aliphatic rings. The summed E-state index contributed by atoms with van der Waals surface area (Å²) in [5.74, 6) is 0.0183. The van der Waals surface area contributed by atoms with Crippen LogP contribution < -0.4 is 16.3 Å². The van der Waals surface area contributed by atoms with Crippen molar-refractivity contribution in [1.29, 1.82) is 0 Å². The largest absolute Gasteiger partial charge is 0.299 e. The van der Waals surface area contributed by atoms with Crippen molar-refractivity contribution >= 4 is 38.9 Å². The molecule has 2 aromatic rings. The topological polar surface area (TPSA) is 65.5 Å². The van der Waals surface area contributed by atoms with E-state index in [0.29, 0.717) is 0 Å². The molecule has 2 rings (SSSR count). The minimum absolute atomic E-state index is 0.178. The van der Waals surface area contributed by atoms with E-state index in [0.717, 1.165) is 15.8 Å². The minimum atomic E-state index is -0.178. The monoisotopic (exact) mass is 346 g/mol. The van der Waals surface area contributed by atoms with Gasteiger partial charge in [0.15, 0.2) is 5.78 Å². The Bertz CT molecular complexity index is 626. The van der Waals surface area contributed by atoms with Crippen molar-refractivity contribution in [1.82, 2.24) is 5.43 Å². The summed E-state index contributed by atoms with van der Waals surface area (Å²) in [6.07, 6.45) is 0. The van der Waals surface area contributed by atoms with E-state index in [9.17, 15) is 4.79 Å². The Kier molecular flexibility index (Phi) is 5.34. The van der Waals surface area contributed by atoms with E-state index in [1.807, 2.05) is 54.6 Å². The van der Waals surface area contributed by atoms with E-state index in [1.54, 1.807) is 0 Å². The molecular formula is C15H15BrN4O. The Morgan fingerprint density at radius 3 is 2.29 bits per heavy atom. The lowest BCUT2D eigenvalue weighted by Crippen LogP contribution is -2.35. The van der Waals surface area contributed by atoms with Crippen LogP contribution in [0.15, 0.2) is 64.2 Å². The molecule has 0 fully saturated rings. The maximum absolute atomic E-state index is 11.6. The zero-order valence-corrected chi connectivity index (χ0v) is 13.0. The van der Waals surface area contributed by atoms with Crippen LogP contribution >= 0.6 is 15.9 Å². The van der Waals surface area contributed by atoms with Crippen LogP contribution in [0.3, 0.4) is 0 Å². The summed E-state index contributed by atoms with van der Waals surface area (Å²) in [5, 5.41) is 4.06. The lowest BCUT2D eigenvalue weighted by molar-refractivity contribution is -0.111. The molecule has 0 bridgehead atoms. The highest BCUT2D eigenvalue weighted by atomic mass is 79.9. The van der Waals surface area contributed by atoms with Gasteiger partial charge < -0.3 is 0 Å². The molecule has 0 aromatic heterocycles. The van der Waals surface area contributed by atoms with Crippen molar-refractivity contribution in [3.05, 3.63) is 59.1 Å². The van der Waals surface area contributed by atoms with Gasteiger partial charge in [-0.25, -0.2) is 0 Å². The number of para-hydroxylation sites is 1. The van der Waals surface area contributed by atoms with Crippen LogP contribution in [0.4, 0.5) is 11.4 Å². The Balaban J connectivity index is 1.99. The maximum Gasteiger partial charge on any atom is 0.207 e. The van der Waals surface area contributed by atoms with Crippen LogP contribution in [0.25, 0.3) is 0 Å². The number of Topliss-reactive ketones (excluding diaryl/α,β-unsaturated/α-hetero) is 1. The number of nitrogens with zero attached hydrogens (tertiary/aromatic N) is 1. The van der Waals surface area contributed by atoms with Gasteiger partial charge in [0.2, 0.25) is 5.84 Å². The number of ketones is 1. The molecule has 5 nitrogen and oxygen atoms in total. The van der Waals surface area contributed by atoms with Gasteiger partial charge in [-0.05, 0) is 36.4 Å². The van der Waals surface area contributed by atoms with E-state index in [-0.39, 0.29) is 11.6 Å². The number of hydrazine groups is 1. The molecule has 0 saturated carbocycles. The van der Waals surface area contributed by atoms with Crippen molar-refractivity contribution in [2.24, 2.45) is 5.10 Å². The van der Waals surface area contributed by atoms with Gasteiger partial charge in [0.05, 0.1) is 11.4 Å². The zero-order chi connectivity index (χ0) is 15.1. The van der Waals surface area contributed by atoms with Crippen LogP contribution in [0.5, 0.6) is 0 Å². The quantitative estimate of drug-likeness (QED) is 0.441. The fourth-order valence-corrected chi connectivity index (χ4v) is 1.76. The van der Waals surface area contributed by atoms with Gasteiger partial charge in [0, 0.05) is 11.4 Å². The molecule has 0 radical (unpaired) electrons. The number of nitrogens with one attached hydrogen (secondary N) is 3. The molecule has 0 saturated heterocycles. The molecule has 0 atom stereocenters. The second kappa shape index (κ2) is 7.44. The number of amidine groups is 1. The van der Waals surface area contributed by atoms with E-state index in [4.69, 9.17) is 0 Å². The SMILES string of the molecule is CC(=O)/C(=N\Nc1ccccc1)NNc1ccc(Br)cc1. The Morgan fingerprint density at radius 2 is 1.67 bits per heavy atom. The number of hydrogen-bond donors (Lipinski definition) is 3. The van der Waals surface area contributed by atoms with Gasteiger partial charge in [0.25, 0.3) is 0 Å². The molecular weight excluding hydrogens is 332 g/mol. The summed E-state index contributed by atoms with van der Waals surface area (Å²) in [6.45, 7) is 1.45. The molecule has 0 aliphatic heterocycles. The standard InChI is InChI=1S/C15H15BrN4O/c1-11(21)15(19-17-13-5-3-2-4-6-13)20-18-14-9-7-12(16)8-10-14/h2-10,17-18H,1H3,(H,19,20). The number of benzene rings is 2. The van der Waals surface area contributed by atoms with E-state index < -0.39 is 0 Å². The molecule has 6 heteroatoms. The summed E-state index contributed by atoms with van der Waals surface area (Å²) < 4.78 is 0.985. The lowest BCUT2D eigenvalue weighted by Gasteiger charge is -2.10. The number of halogens is 1. The number of hydrazone groups is 1. The van der Waals surface area contributed by atoms with Gasteiger partial charge in [-0.1, -0.05) is 34.1 Å². The fourth-order valence-electron chi connectivity index (χ4n) is 1.49. The highest BCUT2D eigenvalue weighted by Gasteiger charge is 2.05.